The van der Waals surface area contributed by atoms with Crippen LogP contribution >= 0.6 is 11.5 Å². The smallest absolute Gasteiger partial charge is 0.486 e. The third kappa shape index (κ3) is 6.83. The van der Waals surface area contributed by atoms with Gasteiger partial charge in [0.25, 0.3) is 0 Å². The summed E-state index contributed by atoms with van der Waals surface area (Å²) in [5, 5.41) is 0.590. The average molecular weight is 497 g/mol. The summed E-state index contributed by atoms with van der Waals surface area (Å²) in [5.74, 6) is 0.710. The first-order chi connectivity index (χ1) is 16.0. The van der Waals surface area contributed by atoms with Gasteiger partial charge in [0.1, 0.15) is 23.9 Å². The second-order valence-corrected chi connectivity index (χ2v) is 8.47. The SMILES string of the molecule is CCOC(=O)C(C)(C)Oc1ccc(OCc2nc(-c3ccc(OC(F)(F)F)cc3)ns2)cc1C. The first-order valence-corrected chi connectivity index (χ1v) is 11.0. The van der Waals surface area contributed by atoms with Crippen molar-refractivity contribution in [1.29, 1.82) is 0 Å². The van der Waals surface area contributed by atoms with Gasteiger partial charge in [-0.3, -0.25) is 0 Å². The maximum Gasteiger partial charge on any atom is 0.573 e. The topological polar surface area (TPSA) is 79.8 Å². The van der Waals surface area contributed by atoms with Gasteiger partial charge in [-0.2, -0.15) is 4.37 Å². The Balaban J connectivity index is 1.60. The summed E-state index contributed by atoms with van der Waals surface area (Å²) in [5.41, 5.74) is 0.191. The van der Waals surface area contributed by atoms with Gasteiger partial charge in [-0.15, -0.1) is 13.2 Å². The number of ether oxygens (including phenoxy) is 4. The van der Waals surface area contributed by atoms with Crippen LogP contribution in [0.3, 0.4) is 0 Å². The van der Waals surface area contributed by atoms with Gasteiger partial charge >= 0.3 is 12.3 Å². The van der Waals surface area contributed by atoms with E-state index in [9.17, 15) is 18.0 Å². The fourth-order valence-electron chi connectivity index (χ4n) is 2.83. The number of carbonyl (C=O) groups excluding carboxylic acids is 1. The zero-order chi connectivity index (χ0) is 24.9. The Morgan fingerprint density at radius 1 is 1.03 bits per heavy atom. The Hall–Kier alpha value is -3.34. The van der Waals surface area contributed by atoms with Crippen LogP contribution in [-0.4, -0.2) is 33.9 Å². The standard InChI is InChI=1S/C23H23F3N2O5S/c1-5-30-21(29)22(3,4)33-18-11-10-17(12-14(18)2)31-13-19-27-20(28-34-19)15-6-8-16(9-7-15)32-23(24,25)26/h6-12H,5,13H2,1-4H3. The van der Waals surface area contributed by atoms with Gasteiger partial charge in [-0.1, -0.05) is 0 Å². The predicted octanol–water partition coefficient (Wildman–Crippen LogP) is 5.71. The molecule has 0 bridgehead atoms. The van der Waals surface area contributed by atoms with Crippen LogP contribution in [0.1, 0.15) is 31.3 Å². The van der Waals surface area contributed by atoms with Crippen LogP contribution < -0.4 is 14.2 Å². The summed E-state index contributed by atoms with van der Waals surface area (Å²) in [6.45, 7) is 7.26. The highest BCUT2D eigenvalue weighted by atomic mass is 32.1. The lowest BCUT2D eigenvalue weighted by atomic mass is 10.1. The lowest BCUT2D eigenvalue weighted by molar-refractivity contribution is -0.274. The Morgan fingerprint density at radius 3 is 2.32 bits per heavy atom. The maximum absolute atomic E-state index is 12.3. The van der Waals surface area contributed by atoms with Crippen LogP contribution in [0.4, 0.5) is 13.2 Å². The molecular weight excluding hydrogens is 473 g/mol. The zero-order valence-electron chi connectivity index (χ0n) is 18.9. The van der Waals surface area contributed by atoms with Crippen LogP contribution in [0, 0.1) is 6.92 Å². The van der Waals surface area contributed by atoms with Gasteiger partial charge in [0.05, 0.1) is 6.61 Å². The largest absolute Gasteiger partial charge is 0.573 e. The van der Waals surface area contributed by atoms with Gasteiger partial charge in [-0.25, -0.2) is 9.78 Å². The molecule has 0 N–H and O–H groups in total. The van der Waals surface area contributed by atoms with Gasteiger partial charge in [0.2, 0.25) is 0 Å². The molecule has 0 aliphatic rings. The van der Waals surface area contributed by atoms with E-state index in [4.69, 9.17) is 14.2 Å². The van der Waals surface area contributed by atoms with Crippen molar-refractivity contribution in [3.63, 3.8) is 0 Å². The van der Waals surface area contributed by atoms with Crippen LogP contribution in [0.25, 0.3) is 11.4 Å². The van der Waals surface area contributed by atoms with E-state index in [0.29, 0.717) is 27.9 Å². The van der Waals surface area contributed by atoms with Crippen LogP contribution in [0.2, 0.25) is 0 Å². The molecule has 0 atom stereocenters. The number of carbonyl (C=O) groups is 1. The molecule has 0 aliphatic carbocycles. The molecule has 3 aromatic rings. The van der Waals surface area contributed by atoms with Crippen molar-refractivity contribution in [2.24, 2.45) is 0 Å². The Bertz CT molecular complexity index is 1130. The third-order valence-electron chi connectivity index (χ3n) is 4.46. The first kappa shape index (κ1) is 25.3. The highest BCUT2D eigenvalue weighted by Gasteiger charge is 2.32. The summed E-state index contributed by atoms with van der Waals surface area (Å²) in [7, 11) is 0. The number of esters is 1. The third-order valence-corrected chi connectivity index (χ3v) is 5.14. The van der Waals surface area contributed by atoms with Crippen LogP contribution in [0.15, 0.2) is 42.5 Å². The zero-order valence-corrected chi connectivity index (χ0v) is 19.7. The lowest BCUT2D eigenvalue weighted by Gasteiger charge is -2.25. The molecule has 34 heavy (non-hydrogen) atoms. The number of benzene rings is 2. The van der Waals surface area contributed by atoms with Crippen molar-refractivity contribution >= 4 is 17.5 Å². The van der Waals surface area contributed by atoms with Crippen LogP contribution in [-0.2, 0) is 16.1 Å². The normalized spacial score (nSPS) is 11.7. The van der Waals surface area contributed by atoms with E-state index in [1.165, 1.54) is 24.3 Å². The lowest BCUT2D eigenvalue weighted by Crippen LogP contribution is -2.39. The molecule has 0 saturated carbocycles. The van der Waals surface area contributed by atoms with E-state index in [1.54, 1.807) is 39.0 Å². The molecule has 0 spiro atoms. The van der Waals surface area contributed by atoms with E-state index < -0.39 is 17.9 Å². The van der Waals surface area contributed by atoms with Crippen molar-refractivity contribution in [3.8, 4) is 28.6 Å². The minimum atomic E-state index is -4.75. The monoisotopic (exact) mass is 496 g/mol. The Morgan fingerprint density at radius 2 is 1.71 bits per heavy atom. The average Bonchev–Trinajstić information content (AvgIpc) is 3.22. The summed E-state index contributed by atoms with van der Waals surface area (Å²) < 4.78 is 61.6. The molecule has 182 valence electrons. The van der Waals surface area contributed by atoms with Crippen LogP contribution in [0.5, 0.6) is 17.2 Å². The molecule has 0 aliphatic heterocycles. The molecule has 0 saturated heterocycles. The minimum Gasteiger partial charge on any atom is -0.486 e. The van der Waals surface area contributed by atoms with E-state index in [0.717, 1.165) is 17.1 Å². The number of nitrogens with zero attached hydrogens (tertiary/aromatic N) is 2. The molecule has 11 heteroatoms. The predicted molar refractivity (Wildman–Crippen MR) is 119 cm³/mol. The number of hydrogen-bond acceptors (Lipinski definition) is 8. The number of aromatic nitrogens is 2. The molecule has 1 heterocycles. The molecule has 2 aromatic carbocycles. The minimum absolute atomic E-state index is 0.154. The number of halogens is 3. The number of hydrogen-bond donors (Lipinski definition) is 0. The molecule has 0 unspecified atom stereocenters. The molecule has 0 radical (unpaired) electrons. The summed E-state index contributed by atoms with van der Waals surface area (Å²) in [4.78, 5) is 16.4. The van der Waals surface area contributed by atoms with Crippen molar-refractivity contribution in [3.05, 3.63) is 53.0 Å². The maximum atomic E-state index is 12.3. The number of aryl methyl sites for hydroxylation is 1. The van der Waals surface area contributed by atoms with Crippen molar-refractivity contribution in [2.45, 2.75) is 46.3 Å². The van der Waals surface area contributed by atoms with E-state index in [2.05, 4.69) is 14.1 Å². The fourth-order valence-corrected chi connectivity index (χ4v) is 3.41. The van der Waals surface area contributed by atoms with Gasteiger partial charge in [-0.05, 0) is 87.3 Å². The Labute approximate surface area is 198 Å². The molecule has 7 nitrogen and oxygen atoms in total. The fraction of sp³-hybridized carbons (Fsp3) is 0.348. The quantitative estimate of drug-likeness (QED) is 0.351. The highest BCUT2D eigenvalue weighted by Crippen LogP contribution is 2.29. The molecule has 1 aromatic heterocycles. The van der Waals surface area contributed by atoms with E-state index >= 15 is 0 Å². The number of alkyl halides is 3. The van der Waals surface area contributed by atoms with Gasteiger partial charge in [0.15, 0.2) is 16.4 Å². The second-order valence-electron chi connectivity index (χ2n) is 7.63. The van der Waals surface area contributed by atoms with E-state index in [-0.39, 0.29) is 19.0 Å². The van der Waals surface area contributed by atoms with Gasteiger partial charge < -0.3 is 18.9 Å². The van der Waals surface area contributed by atoms with Crippen molar-refractivity contribution < 1.29 is 36.9 Å². The molecule has 3 rings (SSSR count). The highest BCUT2D eigenvalue weighted by molar-refractivity contribution is 7.05. The van der Waals surface area contributed by atoms with E-state index in [1.807, 2.05) is 6.92 Å². The van der Waals surface area contributed by atoms with Crippen molar-refractivity contribution in [2.75, 3.05) is 6.61 Å². The second kappa shape index (κ2) is 10.3. The summed E-state index contributed by atoms with van der Waals surface area (Å²) in [6.07, 6.45) is -4.75. The Kier molecular flexibility index (Phi) is 7.65. The van der Waals surface area contributed by atoms with Gasteiger partial charge in [0, 0.05) is 5.56 Å². The molecule has 0 fully saturated rings. The first-order valence-electron chi connectivity index (χ1n) is 10.3. The summed E-state index contributed by atoms with van der Waals surface area (Å²) in [6, 6.07) is 10.5. The molecular formula is C23H23F3N2O5S. The summed E-state index contributed by atoms with van der Waals surface area (Å²) >= 11 is 1.13. The number of rotatable bonds is 9. The van der Waals surface area contributed by atoms with Crippen molar-refractivity contribution in [1.82, 2.24) is 9.36 Å². The molecule has 0 amide bonds.